The number of halogens is 2. The van der Waals surface area contributed by atoms with Crippen LogP contribution in [0.3, 0.4) is 0 Å². The Kier molecular flexibility index (Phi) is 7.33. The quantitative estimate of drug-likeness (QED) is 0.600. The SMILES string of the molecule is CCOC(=O)[C@@]1(Cc2ccc(F)cc2F)CCCN(C(=O)c2cc(OC)ccc2OC)C1. The summed E-state index contributed by atoms with van der Waals surface area (Å²) in [5.41, 5.74) is -0.638. The van der Waals surface area contributed by atoms with Gasteiger partial charge in [-0.2, -0.15) is 0 Å². The Labute approximate surface area is 186 Å². The van der Waals surface area contributed by atoms with Gasteiger partial charge in [0.05, 0.1) is 31.8 Å². The third-order valence-corrected chi connectivity index (χ3v) is 5.75. The third kappa shape index (κ3) is 4.84. The summed E-state index contributed by atoms with van der Waals surface area (Å²) in [6.45, 7) is 2.31. The minimum absolute atomic E-state index is 0.00300. The van der Waals surface area contributed by atoms with Gasteiger partial charge < -0.3 is 19.1 Å². The number of benzene rings is 2. The number of hydrogen-bond donors (Lipinski definition) is 0. The Bertz CT molecular complexity index is 996. The molecule has 0 aliphatic carbocycles. The number of carbonyl (C=O) groups is 2. The van der Waals surface area contributed by atoms with E-state index in [0.29, 0.717) is 36.4 Å². The fraction of sp³-hybridized carbons (Fsp3) is 0.417. The molecule has 1 atom stereocenters. The van der Waals surface area contributed by atoms with E-state index < -0.39 is 23.0 Å². The Morgan fingerprint density at radius 2 is 1.88 bits per heavy atom. The molecule has 0 aromatic heterocycles. The van der Waals surface area contributed by atoms with Crippen molar-refractivity contribution in [2.24, 2.45) is 5.41 Å². The summed E-state index contributed by atoms with van der Waals surface area (Å²) in [6, 6.07) is 8.19. The standard InChI is InChI=1S/C24H27F2NO5/c1-4-32-23(29)24(14-16-6-7-17(25)12-20(16)26)10-5-11-27(15-24)22(28)19-13-18(30-2)8-9-21(19)31-3/h6-9,12-13H,4-5,10-11,14-15H2,1-3H3/t24-/m1/s1. The Balaban J connectivity index is 1.95. The summed E-state index contributed by atoms with van der Waals surface area (Å²) < 4.78 is 43.7. The topological polar surface area (TPSA) is 65.1 Å². The van der Waals surface area contributed by atoms with Gasteiger partial charge in [0.25, 0.3) is 5.91 Å². The zero-order valence-corrected chi connectivity index (χ0v) is 18.5. The molecule has 172 valence electrons. The first-order chi connectivity index (χ1) is 15.3. The first-order valence-corrected chi connectivity index (χ1v) is 10.5. The number of ether oxygens (including phenoxy) is 3. The van der Waals surface area contributed by atoms with E-state index >= 15 is 0 Å². The van der Waals surface area contributed by atoms with E-state index in [1.165, 1.54) is 20.3 Å². The van der Waals surface area contributed by atoms with Crippen molar-refractivity contribution in [2.45, 2.75) is 26.2 Å². The van der Waals surface area contributed by atoms with E-state index in [0.717, 1.165) is 12.1 Å². The maximum atomic E-state index is 14.4. The molecule has 0 bridgehead atoms. The molecule has 0 N–H and O–H groups in total. The lowest BCUT2D eigenvalue weighted by Crippen LogP contribution is -2.51. The van der Waals surface area contributed by atoms with Gasteiger partial charge in [0, 0.05) is 19.2 Å². The number of amides is 1. The highest BCUT2D eigenvalue weighted by Gasteiger charge is 2.45. The molecule has 1 saturated heterocycles. The van der Waals surface area contributed by atoms with Crippen LogP contribution >= 0.6 is 0 Å². The molecule has 1 aliphatic heterocycles. The van der Waals surface area contributed by atoms with Gasteiger partial charge in [-0.1, -0.05) is 6.07 Å². The van der Waals surface area contributed by atoms with Crippen LogP contribution in [0, 0.1) is 17.0 Å². The molecular weight excluding hydrogens is 420 g/mol. The van der Waals surface area contributed by atoms with Crippen molar-refractivity contribution >= 4 is 11.9 Å². The number of piperidine rings is 1. The molecule has 1 fully saturated rings. The molecule has 1 amide bonds. The minimum atomic E-state index is -1.14. The van der Waals surface area contributed by atoms with Crippen LogP contribution in [0.2, 0.25) is 0 Å². The second-order valence-corrected chi connectivity index (χ2v) is 7.81. The molecule has 2 aromatic rings. The summed E-state index contributed by atoms with van der Waals surface area (Å²) in [7, 11) is 2.97. The van der Waals surface area contributed by atoms with Crippen molar-refractivity contribution in [3.8, 4) is 11.5 Å². The predicted octanol–water partition coefficient (Wildman–Crippen LogP) is 4.01. The van der Waals surface area contributed by atoms with Gasteiger partial charge in [-0.3, -0.25) is 9.59 Å². The zero-order valence-electron chi connectivity index (χ0n) is 18.5. The largest absolute Gasteiger partial charge is 0.497 e. The van der Waals surface area contributed by atoms with Crippen LogP contribution in [-0.4, -0.2) is 50.7 Å². The first-order valence-electron chi connectivity index (χ1n) is 10.5. The van der Waals surface area contributed by atoms with Crippen LogP contribution in [0.1, 0.15) is 35.7 Å². The molecule has 0 radical (unpaired) electrons. The molecule has 1 aliphatic rings. The fourth-order valence-electron chi connectivity index (χ4n) is 4.15. The lowest BCUT2D eigenvalue weighted by Gasteiger charge is -2.41. The average Bonchev–Trinajstić information content (AvgIpc) is 2.80. The van der Waals surface area contributed by atoms with E-state index in [2.05, 4.69) is 0 Å². The minimum Gasteiger partial charge on any atom is -0.497 e. The molecular formula is C24H27F2NO5. The molecule has 3 rings (SSSR count). The maximum absolute atomic E-state index is 14.4. The van der Waals surface area contributed by atoms with Crippen molar-refractivity contribution in [1.29, 1.82) is 0 Å². The fourth-order valence-corrected chi connectivity index (χ4v) is 4.15. The first kappa shape index (κ1) is 23.5. The van der Waals surface area contributed by atoms with E-state index in [4.69, 9.17) is 14.2 Å². The number of carbonyl (C=O) groups excluding carboxylic acids is 2. The highest BCUT2D eigenvalue weighted by molar-refractivity contribution is 5.98. The van der Waals surface area contributed by atoms with Gasteiger partial charge in [-0.25, -0.2) is 8.78 Å². The molecule has 0 spiro atoms. The van der Waals surface area contributed by atoms with Crippen molar-refractivity contribution in [1.82, 2.24) is 4.90 Å². The smallest absolute Gasteiger partial charge is 0.314 e. The van der Waals surface area contributed by atoms with Crippen molar-refractivity contribution in [3.05, 3.63) is 59.2 Å². The number of esters is 1. The summed E-state index contributed by atoms with van der Waals surface area (Å²) in [5, 5.41) is 0. The number of nitrogens with zero attached hydrogens (tertiary/aromatic N) is 1. The summed E-state index contributed by atoms with van der Waals surface area (Å²) in [4.78, 5) is 28.0. The Hall–Kier alpha value is -3.16. The van der Waals surface area contributed by atoms with Crippen LogP contribution in [0.5, 0.6) is 11.5 Å². The average molecular weight is 447 g/mol. The van der Waals surface area contributed by atoms with Crippen molar-refractivity contribution in [3.63, 3.8) is 0 Å². The van der Waals surface area contributed by atoms with E-state index in [9.17, 15) is 18.4 Å². The monoisotopic (exact) mass is 447 g/mol. The second-order valence-electron chi connectivity index (χ2n) is 7.81. The van der Waals surface area contributed by atoms with Crippen LogP contribution in [-0.2, 0) is 16.0 Å². The predicted molar refractivity (Wildman–Crippen MR) is 114 cm³/mol. The molecule has 2 aromatic carbocycles. The van der Waals surface area contributed by atoms with E-state index in [1.807, 2.05) is 0 Å². The van der Waals surface area contributed by atoms with Gasteiger partial charge in [-0.15, -0.1) is 0 Å². The lowest BCUT2D eigenvalue weighted by atomic mass is 9.74. The van der Waals surface area contributed by atoms with Gasteiger partial charge in [-0.05, 0) is 56.0 Å². The number of hydrogen-bond acceptors (Lipinski definition) is 5. The zero-order chi connectivity index (χ0) is 23.3. The maximum Gasteiger partial charge on any atom is 0.314 e. The normalized spacial score (nSPS) is 18.2. The van der Waals surface area contributed by atoms with E-state index in [-0.39, 0.29) is 31.0 Å². The molecule has 6 nitrogen and oxygen atoms in total. The van der Waals surface area contributed by atoms with Gasteiger partial charge >= 0.3 is 5.97 Å². The molecule has 1 heterocycles. The van der Waals surface area contributed by atoms with Gasteiger partial charge in [0.15, 0.2) is 0 Å². The van der Waals surface area contributed by atoms with Crippen LogP contribution in [0.15, 0.2) is 36.4 Å². The number of methoxy groups -OCH3 is 2. The molecule has 0 saturated carbocycles. The number of rotatable bonds is 7. The molecule has 32 heavy (non-hydrogen) atoms. The lowest BCUT2D eigenvalue weighted by molar-refractivity contribution is -0.158. The summed E-state index contributed by atoms with van der Waals surface area (Å²) in [5.74, 6) is -1.37. The van der Waals surface area contributed by atoms with Gasteiger partial charge in [0.1, 0.15) is 23.1 Å². The third-order valence-electron chi connectivity index (χ3n) is 5.75. The molecule has 0 unspecified atom stereocenters. The second kappa shape index (κ2) is 9.97. The van der Waals surface area contributed by atoms with Crippen LogP contribution in [0.25, 0.3) is 0 Å². The Morgan fingerprint density at radius 3 is 2.53 bits per heavy atom. The summed E-state index contributed by atoms with van der Waals surface area (Å²) in [6.07, 6.45) is 0.943. The number of likely N-dealkylation sites (tertiary alicyclic amines) is 1. The van der Waals surface area contributed by atoms with Crippen LogP contribution < -0.4 is 9.47 Å². The Morgan fingerprint density at radius 1 is 1.09 bits per heavy atom. The van der Waals surface area contributed by atoms with Crippen LogP contribution in [0.4, 0.5) is 8.78 Å². The highest BCUT2D eigenvalue weighted by atomic mass is 19.1. The summed E-state index contributed by atoms with van der Waals surface area (Å²) >= 11 is 0. The van der Waals surface area contributed by atoms with Gasteiger partial charge in [0.2, 0.25) is 0 Å². The van der Waals surface area contributed by atoms with Crippen molar-refractivity contribution < 1.29 is 32.6 Å². The van der Waals surface area contributed by atoms with E-state index in [1.54, 1.807) is 30.0 Å². The molecule has 8 heteroatoms. The highest BCUT2D eigenvalue weighted by Crippen LogP contribution is 2.37. The van der Waals surface area contributed by atoms with Crippen molar-refractivity contribution in [2.75, 3.05) is 33.9 Å².